The lowest BCUT2D eigenvalue weighted by Gasteiger charge is -2.26. The molecule has 1 aromatic rings. The lowest BCUT2D eigenvalue weighted by molar-refractivity contribution is 0.334. The maximum absolute atomic E-state index is 6.47. The van der Waals surface area contributed by atoms with Gasteiger partial charge in [0.25, 0.3) is 0 Å². The second-order valence-electron chi connectivity index (χ2n) is 6.01. The summed E-state index contributed by atoms with van der Waals surface area (Å²) in [6.07, 6.45) is 4.44. The van der Waals surface area contributed by atoms with Crippen LogP contribution in [-0.4, -0.2) is 5.54 Å². The molecule has 1 nitrogen and oxygen atoms in total. The van der Waals surface area contributed by atoms with Crippen molar-refractivity contribution in [3.8, 4) is 0 Å². The van der Waals surface area contributed by atoms with Crippen LogP contribution in [-0.2, 0) is 6.42 Å². The number of hydrogen-bond acceptors (Lipinski definition) is 1. The SMILES string of the molecule is CC1(C)CCC(N)(Cc2ccc(Cl)cc2)C1. The standard InChI is InChI=1S/C14H20ClN/c1-13(2)7-8-14(16,10-13)9-11-3-5-12(15)6-4-11/h3-6H,7-10,16H2,1-2H3. The molecule has 1 fully saturated rings. The van der Waals surface area contributed by atoms with E-state index >= 15 is 0 Å². The Hall–Kier alpha value is -0.530. The van der Waals surface area contributed by atoms with E-state index in [0.717, 1.165) is 24.3 Å². The van der Waals surface area contributed by atoms with E-state index in [2.05, 4.69) is 26.0 Å². The summed E-state index contributed by atoms with van der Waals surface area (Å²) in [6.45, 7) is 4.62. The summed E-state index contributed by atoms with van der Waals surface area (Å²) in [7, 11) is 0. The minimum Gasteiger partial charge on any atom is -0.325 e. The van der Waals surface area contributed by atoms with Gasteiger partial charge in [0.2, 0.25) is 0 Å². The number of halogens is 1. The third-order valence-electron chi connectivity index (χ3n) is 3.60. The van der Waals surface area contributed by atoms with E-state index in [-0.39, 0.29) is 5.54 Å². The monoisotopic (exact) mass is 237 g/mol. The summed E-state index contributed by atoms with van der Waals surface area (Å²) < 4.78 is 0. The first-order chi connectivity index (χ1) is 7.39. The molecule has 1 aliphatic rings. The number of rotatable bonds is 2. The molecule has 0 radical (unpaired) electrons. The Balaban J connectivity index is 2.07. The first-order valence-corrected chi connectivity index (χ1v) is 6.30. The van der Waals surface area contributed by atoms with Crippen LogP contribution in [0.25, 0.3) is 0 Å². The van der Waals surface area contributed by atoms with Gasteiger partial charge in [-0.3, -0.25) is 0 Å². The van der Waals surface area contributed by atoms with Crippen LogP contribution in [0.15, 0.2) is 24.3 Å². The number of benzene rings is 1. The van der Waals surface area contributed by atoms with Crippen LogP contribution in [0.3, 0.4) is 0 Å². The van der Waals surface area contributed by atoms with Gasteiger partial charge in [0.05, 0.1) is 0 Å². The molecule has 0 heterocycles. The Morgan fingerprint density at radius 1 is 1.19 bits per heavy atom. The van der Waals surface area contributed by atoms with Crippen molar-refractivity contribution >= 4 is 11.6 Å². The highest BCUT2D eigenvalue weighted by atomic mass is 35.5. The molecule has 2 heteroatoms. The molecule has 1 aromatic carbocycles. The van der Waals surface area contributed by atoms with Gasteiger partial charge in [-0.25, -0.2) is 0 Å². The molecule has 16 heavy (non-hydrogen) atoms. The van der Waals surface area contributed by atoms with Crippen LogP contribution in [0.1, 0.15) is 38.7 Å². The summed E-state index contributed by atoms with van der Waals surface area (Å²) in [6, 6.07) is 8.06. The highest BCUT2D eigenvalue weighted by Gasteiger charge is 2.40. The largest absolute Gasteiger partial charge is 0.325 e. The zero-order chi connectivity index (χ0) is 11.8. The van der Waals surface area contributed by atoms with E-state index in [0.29, 0.717) is 5.41 Å². The minimum atomic E-state index is -0.0165. The molecule has 88 valence electrons. The van der Waals surface area contributed by atoms with Gasteiger partial charge in [0, 0.05) is 10.6 Å². The second-order valence-corrected chi connectivity index (χ2v) is 6.44. The summed E-state index contributed by atoms with van der Waals surface area (Å²) in [5, 5.41) is 0.793. The zero-order valence-electron chi connectivity index (χ0n) is 10.1. The van der Waals surface area contributed by atoms with Crippen LogP contribution in [0.2, 0.25) is 5.02 Å². The molecule has 1 atom stereocenters. The van der Waals surface area contributed by atoms with Gasteiger partial charge in [-0.1, -0.05) is 37.6 Å². The summed E-state index contributed by atoms with van der Waals surface area (Å²) in [5.74, 6) is 0. The quantitative estimate of drug-likeness (QED) is 0.832. The van der Waals surface area contributed by atoms with Crippen molar-refractivity contribution in [1.82, 2.24) is 0 Å². The van der Waals surface area contributed by atoms with Crippen molar-refractivity contribution in [2.75, 3.05) is 0 Å². The molecular formula is C14H20ClN. The van der Waals surface area contributed by atoms with E-state index in [1.165, 1.54) is 12.0 Å². The Morgan fingerprint density at radius 3 is 2.31 bits per heavy atom. The van der Waals surface area contributed by atoms with Crippen LogP contribution in [0, 0.1) is 5.41 Å². The van der Waals surface area contributed by atoms with E-state index < -0.39 is 0 Å². The molecule has 2 N–H and O–H groups in total. The van der Waals surface area contributed by atoms with Crippen molar-refractivity contribution < 1.29 is 0 Å². The Morgan fingerprint density at radius 2 is 1.81 bits per heavy atom. The minimum absolute atomic E-state index is 0.0165. The average Bonchev–Trinajstić information content (AvgIpc) is 2.45. The van der Waals surface area contributed by atoms with Crippen molar-refractivity contribution in [3.05, 3.63) is 34.9 Å². The lowest BCUT2D eigenvalue weighted by atomic mass is 9.85. The predicted molar refractivity (Wildman–Crippen MR) is 69.7 cm³/mol. The second kappa shape index (κ2) is 4.05. The van der Waals surface area contributed by atoms with Crippen LogP contribution in [0.5, 0.6) is 0 Å². The number of nitrogens with two attached hydrogens (primary N) is 1. The van der Waals surface area contributed by atoms with Gasteiger partial charge in [0.1, 0.15) is 0 Å². The summed E-state index contributed by atoms with van der Waals surface area (Å²) >= 11 is 5.88. The summed E-state index contributed by atoms with van der Waals surface area (Å²) in [4.78, 5) is 0. The first kappa shape index (κ1) is 11.9. The van der Waals surface area contributed by atoms with Gasteiger partial charge in [-0.05, 0) is 48.8 Å². The molecule has 0 amide bonds. The number of hydrogen-bond donors (Lipinski definition) is 1. The molecule has 2 rings (SSSR count). The molecule has 1 saturated carbocycles. The van der Waals surface area contributed by atoms with E-state index in [1.807, 2.05) is 12.1 Å². The summed E-state index contributed by atoms with van der Waals surface area (Å²) in [5.41, 5.74) is 8.16. The fourth-order valence-corrected chi connectivity index (χ4v) is 3.00. The average molecular weight is 238 g/mol. The normalized spacial score (nSPS) is 28.2. The maximum Gasteiger partial charge on any atom is 0.0406 e. The van der Waals surface area contributed by atoms with Crippen molar-refractivity contribution in [2.45, 2.75) is 45.1 Å². The zero-order valence-corrected chi connectivity index (χ0v) is 10.8. The van der Waals surface area contributed by atoms with Crippen molar-refractivity contribution in [1.29, 1.82) is 0 Å². The van der Waals surface area contributed by atoms with Crippen LogP contribution in [0.4, 0.5) is 0 Å². The van der Waals surface area contributed by atoms with Crippen molar-refractivity contribution in [2.24, 2.45) is 11.1 Å². The molecule has 0 spiro atoms. The van der Waals surface area contributed by atoms with Gasteiger partial charge >= 0.3 is 0 Å². The third kappa shape index (κ3) is 2.78. The van der Waals surface area contributed by atoms with E-state index in [9.17, 15) is 0 Å². The molecule has 1 aliphatic carbocycles. The Bertz CT molecular complexity index is 369. The van der Waals surface area contributed by atoms with Gasteiger partial charge in [0.15, 0.2) is 0 Å². The van der Waals surface area contributed by atoms with E-state index in [4.69, 9.17) is 17.3 Å². The van der Waals surface area contributed by atoms with Gasteiger partial charge in [-0.15, -0.1) is 0 Å². The highest BCUT2D eigenvalue weighted by molar-refractivity contribution is 6.30. The van der Waals surface area contributed by atoms with Gasteiger partial charge in [-0.2, -0.15) is 0 Å². The van der Waals surface area contributed by atoms with Crippen LogP contribution >= 0.6 is 11.6 Å². The Labute approximate surface area is 103 Å². The maximum atomic E-state index is 6.47. The molecule has 0 aliphatic heterocycles. The van der Waals surface area contributed by atoms with Crippen molar-refractivity contribution in [3.63, 3.8) is 0 Å². The smallest absolute Gasteiger partial charge is 0.0406 e. The Kier molecular flexibility index (Phi) is 3.02. The molecule has 1 unspecified atom stereocenters. The topological polar surface area (TPSA) is 26.0 Å². The first-order valence-electron chi connectivity index (χ1n) is 5.92. The molecular weight excluding hydrogens is 218 g/mol. The molecule has 0 saturated heterocycles. The fraction of sp³-hybridized carbons (Fsp3) is 0.571. The fourth-order valence-electron chi connectivity index (χ4n) is 2.88. The van der Waals surface area contributed by atoms with Crippen LogP contribution < -0.4 is 5.73 Å². The van der Waals surface area contributed by atoms with E-state index in [1.54, 1.807) is 0 Å². The molecule has 0 bridgehead atoms. The lowest BCUT2D eigenvalue weighted by Crippen LogP contribution is -2.40. The molecule has 0 aromatic heterocycles. The predicted octanol–water partition coefficient (Wildman–Crippen LogP) is 3.79. The highest BCUT2D eigenvalue weighted by Crippen LogP contribution is 2.43. The van der Waals surface area contributed by atoms with Gasteiger partial charge < -0.3 is 5.73 Å². The third-order valence-corrected chi connectivity index (χ3v) is 3.85.